The number of amides is 2. The molecule has 0 heterocycles. The number of carbonyl (C=O) groups excluding carboxylic acids is 2. The summed E-state index contributed by atoms with van der Waals surface area (Å²) in [7, 11) is -2.73. The van der Waals surface area contributed by atoms with Crippen molar-refractivity contribution in [1.82, 2.24) is 10.2 Å². The first-order valence-corrected chi connectivity index (χ1v) is 14.9. The highest BCUT2D eigenvalue weighted by molar-refractivity contribution is 7.92. The van der Waals surface area contributed by atoms with Gasteiger partial charge in [0.1, 0.15) is 18.3 Å². The Labute approximate surface area is 241 Å². The molecule has 0 aromatic heterocycles. The van der Waals surface area contributed by atoms with Crippen LogP contribution in [0.2, 0.25) is 5.02 Å². The standard InChI is InChI=1S/C30H36ClN3O5S/c1-6-27(30(36)32-7-2)33(19-23-12-8-21(3)9-13-23)29(35)20-34(24-14-17-28(39-5)26(31)18-24)40(37,38)25-15-10-22(4)11-16-25/h8-18,27H,6-7,19-20H2,1-5H3,(H,32,36). The minimum Gasteiger partial charge on any atom is -0.495 e. The molecule has 0 bridgehead atoms. The van der Waals surface area contributed by atoms with Gasteiger partial charge in [0.05, 0.1) is 22.7 Å². The molecular weight excluding hydrogens is 550 g/mol. The lowest BCUT2D eigenvalue weighted by atomic mass is 10.1. The third kappa shape index (κ3) is 7.34. The third-order valence-corrected chi connectivity index (χ3v) is 8.61. The van der Waals surface area contributed by atoms with Crippen molar-refractivity contribution in [3.63, 3.8) is 0 Å². The molecule has 0 aliphatic carbocycles. The SMILES string of the molecule is CCNC(=O)C(CC)N(Cc1ccc(C)cc1)C(=O)CN(c1ccc(OC)c(Cl)c1)S(=O)(=O)c1ccc(C)cc1. The van der Waals surface area contributed by atoms with Crippen molar-refractivity contribution in [2.45, 2.75) is 51.6 Å². The fourth-order valence-electron chi connectivity index (χ4n) is 4.28. The fourth-order valence-corrected chi connectivity index (χ4v) is 5.94. The van der Waals surface area contributed by atoms with Crippen molar-refractivity contribution >= 4 is 39.1 Å². The largest absolute Gasteiger partial charge is 0.495 e. The van der Waals surface area contributed by atoms with E-state index in [1.54, 1.807) is 25.1 Å². The van der Waals surface area contributed by atoms with E-state index in [4.69, 9.17) is 16.3 Å². The summed E-state index contributed by atoms with van der Waals surface area (Å²) in [4.78, 5) is 28.5. The normalized spacial score (nSPS) is 11.9. The van der Waals surface area contributed by atoms with E-state index in [0.29, 0.717) is 18.7 Å². The molecule has 1 N–H and O–H groups in total. The first kappa shape index (κ1) is 31.0. The van der Waals surface area contributed by atoms with Gasteiger partial charge in [-0.3, -0.25) is 13.9 Å². The molecule has 1 atom stereocenters. The Morgan fingerprint density at radius 2 is 1.55 bits per heavy atom. The smallest absolute Gasteiger partial charge is 0.264 e. The molecule has 10 heteroatoms. The second-order valence-electron chi connectivity index (χ2n) is 9.47. The zero-order valence-corrected chi connectivity index (χ0v) is 25.1. The summed E-state index contributed by atoms with van der Waals surface area (Å²) < 4.78 is 34.1. The Bertz CT molecular complexity index is 1430. The number of sulfonamides is 1. The molecule has 8 nitrogen and oxygen atoms in total. The van der Waals surface area contributed by atoms with Crippen molar-refractivity contribution in [2.24, 2.45) is 0 Å². The van der Waals surface area contributed by atoms with Gasteiger partial charge in [0.15, 0.2) is 0 Å². The number of halogens is 1. The Morgan fingerprint density at radius 3 is 2.08 bits per heavy atom. The maximum atomic E-state index is 14.0. The van der Waals surface area contributed by atoms with Crippen molar-refractivity contribution in [2.75, 3.05) is 24.5 Å². The van der Waals surface area contributed by atoms with Gasteiger partial charge in [0, 0.05) is 13.1 Å². The summed E-state index contributed by atoms with van der Waals surface area (Å²) in [6, 6.07) is 17.8. The number of methoxy groups -OCH3 is 1. The van der Waals surface area contributed by atoms with Gasteiger partial charge in [-0.05, 0) is 63.1 Å². The predicted molar refractivity (Wildman–Crippen MR) is 158 cm³/mol. The Morgan fingerprint density at radius 1 is 0.950 bits per heavy atom. The van der Waals surface area contributed by atoms with Crippen molar-refractivity contribution in [3.05, 3.63) is 88.4 Å². The molecule has 0 aliphatic heterocycles. The number of nitrogens with one attached hydrogen (secondary N) is 1. The van der Waals surface area contributed by atoms with Crippen LogP contribution in [0.4, 0.5) is 5.69 Å². The van der Waals surface area contributed by atoms with E-state index in [1.165, 1.54) is 36.3 Å². The van der Waals surface area contributed by atoms with Gasteiger partial charge in [0.2, 0.25) is 11.8 Å². The number of aryl methyl sites for hydroxylation is 2. The number of benzene rings is 3. The molecule has 3 rings (SSSR count). The average Bonchev–Trinajstić information content (AvgIpc) is 2.92. The molecule has 3 aromatic rings. The highest BCUT2D eigenvalue weighted by atomic mass is 35.5. The van der Waals surface area contributed by atoms with Crippen LogP contribution >= 0.6 is 11.6 Å². The van der Waals surface area contributed by atoms with E-state index in [-0.39, 0.29) is 28.1 Å². The maximum Gasteiger partial charge on any atom is 0.264 e. The van der Waals surface area contributed by atoms with E-state index in [9.17, 15) is 18.0 Å². The molecule has 0 spiro atoms. The van der Waals surface area contributed by atoms with Crippen LogP contribution in [0.15, 0.2) is 71.6 Å². The van der Waals surface area contributed by atoms with E-state index < -0.39 is 28.5 Å². The highest BCUT2D eigenvalue weighted by Crippen LogP contribution is 2.32. The summed E-state index contributed by atoms with van der Waals surface area (Å²) in [5.74, 6) is -0.458. The number of likely N-dealkylation sites (N-methyl/N-ethyl adjacent to an activating group) is 1. The average molecular weight is 586 g/mol. The van der Waals surface area contributed by atoms with Crippen LogP contribution in [-0.4, -0.2) is 51.4 Å². The Kier molecular flexibility index (Phi) is 10.6. The van der Waals surface area contributed by atoms with Crippen LogP contribution in [-0.2, 0) is 26.2 Å². The molecule has 0 fully saturated rings. The van der Waals surface area contributed by atoms with E-state index >= 15 is 0 Å². The third-order valence-electron chi connectivity index (χ3n) is 6.52. The summed E-state index contributed by atoms with van der Waals surface area (Å²) in [6.45, 7) is 7.44. The second kappa shape index (κ2) is 13.7. The summed E-state index contributed by atoms with van der Waals surface area (Å²) in [5, 5.41) is 2.99. The van der Waals surface area contributed by atoms with Gasteiger partial charge in [0.25, 0.3) is 10.0 Å². The van der Waals surface area contributed by atoms with Crippen LogP contribution in [0.3, 0.4) is 0 Å². The lowest BCUT2D eigenvalue weighted by Crippen LogP contribution is -2.52. The number of hydrogen-bond acceptors (Lipinski definition) is 5. The number of carbonyl (C=O) groups is 2. The maximum absolute atomic E-state index is 14.0. The van der Waals surface area contributed by atoms with Gasteiger partial charge in [-0.15, -0.1) is 0 Å². The van der Waals surface area contributed by atoms with E-state index in [1.807, 2.05) is 45.0 Å². The number of anilines is 1. The zero-order chi connectivity index (χ0) is 29.4. The molecule has 1 unspecified atom stereocenters. The van der Waals surface area contributed by atoms with Crippen molar-refractivity contribution in [1.29, 1.82) is 0 Å². The van der Waals surface area contributed by atoms with Crippen molar-refractivity contribution < 1.29 is 22.7 Å². The number of nitrogens with zero attached hydrogens (tertiary/aromatic N) is 2. The summed E-state index contributed by atoms with van der Waals surface area (Å²) in [6.07, 6.45) is 0.350. The number of ether oxygens (including phenoxy) is 1. The quantitative estimate of drug-likeness (QED) is 0.319. The van der Waals surface area contributed by atoms with Gasteiger partial charge >= 0.3 is 0 Å². The van der Waals surface area contributed by atoms with E-state index in [2.05, 4.69) is 5.32 Å². The van der Waals surface area contributed by atoms with Gasteiger partial charge < -0.3 is 15.0 Å². The summed E-state index contributed by atoms with van der Waals surface area (Å²) in [5.41, 5.74) is 2.97. The first-order chi connectivity index (χ1) is 19.0. The minimum atomic E-state index is -4.19. The van der Waals surface area contributed by atoms with E-state index in [0.717, 1.165) is 21.0 Å². The number of rotatable bonds is 12. The molecule has 3 aromatic carbocycles. The molecule has 0 saturated carbocycles. The molecule has 40 heavy (non-hydrogen) atoms. The highest BCUT2D eigenvalue weighted by Gasteiger charge is 2.33. The lowest BCUT2D eigenvalue weighted by molar-refractivity contribution is -0.140. The molecule has 0 radical (unpaired) electrons. The zero-order valence-electron chi connectivity index (χ0n) is 23.5. The minimum absolute atomic E-state index is 0.0266. The van der Waals surface area contributed by atoms with Crippen LogP contribution < -0.4 is 14.4 Å². The Hall–Kier alpha value is -3.56. The topological polar surface area (TPSA) is 96.0 Å². The number of hydrogen-bond donors (Lipinski definition) is 1. The Balaban J connectivity index is 2.09. The van der Waals surface area contributed by atoms with Gasteiger partial charge in [-0.1, -0.05) is 66.0 Å². The van der Waals surface area contributed by atoms with Crippen LogP contribution in [0, 0.1) is 13.8 Å². The molecular formula is C30H36ClN3O5S. The van der Waals surface area contributed by atoms with Crippen molar-refractivity contribution in [3.8, 4) is 5.75 Å². The monoisotopic (exact) mass is 585 g/mol. The summed E-state index contributed by atoms with van der Waals surface area (Å²) >= 11 is 6.36. The lowest BCUT2D eigenvalue weighted by Gasteiger charge is -2.33. The molecule has 0 aliphatic rings. The first-order valence-electron chi connectivity index (χ1n) is 13.1. The van der Waals surface area contributed by atoms with Crippen LogP contribution in [0.1, 0.15) is 37.0 Å². The van der Waals surface area contributed by atoms with Crippen LogP contribution in [0.25, 0.3) is 0 Å². The van der Waals surface area contributed by atoms with Gasteiger partial charge in [-0.25, -0.2) is 8.42 Å². The predicted octanol–water partition coefficient (Wildman–Crippen LogP) is 5.10. The molecule has 0 saturated heterocycles. The fraction of sp³-hybridized carbons (Fsp3) is 0.333. The molecule has 2 amide bonds. The molecule has 214 valence electrons. The second-order valence-corrected chi connectivity index (χ2v) is 11.7. The van der Waals surface area contributed by atoms with Gasteiger partial charge in [-0.2, -0.15) is 0 Å². The van der Waals surface area contributed by atoms with Crippen LogP contribution in [0.5, 0.6) is 5.75 Å².